The van der Waals surface area contributed by atoms with Crippen LogP contribution in [0.15, 0.2) is 24.3 Å². The van der Waals surface area contributed by atoms with E-state index in [2.05, 4.69) is 31.2 Å². The van der Waals surface area contributed by atoms with Crippen LogP contribution in [0.1, 0.15) is 43.2 Å². The molecule has 16 heavy (non-hydrogen) atoms. The molecule has 0 aliphatic heterocycles. The summed E-state index contributed by atoms with van der Waals surface area (Å²) in [5.74, 6) is 0.937. The Labute approximate surface area is 99.0 Å². The number of hydrogen-bond acceptors (Lipinski definition) is 1. The quantitative estimate of drug-likeness (QED) is 0.803. The zero-order valence-electron chi connectivity index (χ0n) is 10.3. The molecule has 1 aromatic rings. The van der Waals surface area contributed by atoms with Crippen LogP contribution >= 0.6 is 0 Å². The van der Waals surface area contributed by atoms with Crippen molar-refractivity contribution >= 4 is 0 Å². The summed E-state index contributed by atoms with van der Waals surface area (Å²) in [5.41, 5.74) is 9.05. The van der Waals surface area contributed by atoms with Crippen LogP contribution in [0.3, 0.4) is 0 Å². The lowest BCUT2D eigenvalue weighted by molar-refractivity contribution is 0.272. The van der Waals surface area contributed by atoms with Gasteiger partial charge < -0.3 is 5.73 Å². The summed E-state index contributed by atoms with van der Waals surface area (Å²) in [6, 6.07) is 9.05. The van der Waals surface area contributed by atoms with E-state index in [1.165, 1.54) is 36.8 Å². The first-order valence-electron chi connectivity index (χ1n) is 6.56. The minimum atomic E-state index is 0.407. The highest BCUT2D eigenvalue weighted by Gasteiger charge is 2.19. The van der Waals surface area contributed by atoms with Gasteiger partial charge in [0.25, 0.3) is 0 Å². The Kier molecular flexibility index (Phi) is 4.00. The van der Waals surface area contributed by atoms with Gasteiger partial charge in [0.1, 0.15) is 0 Å². The van der Waals surface area contributed by atoms with Crippen LogP contribution in [0.4, 0.5) is 0 Å². The monoisotopic (exact) mass is 217 g/mol. The van der Waals surface area contributed by atoms with Crippen LogP contribution in [0.5, 0.6) is 0 Å². The van der Waals surface area contributed by atoms with Gasteiger partial charge in [-0.15, -0.1) is 0 Å². The standard InChI is InChI=1S/C15H23N/c1-12-5-2-3-8-14(12)9-10-15(16)11-13-6-4-7-13/h2-3,5,8,13,15H,4,6-7,9-11,16H2,1H3. The molecule has 1 nitrogen and oxygen atoms in total. The predicted molar refractivity (Wildman–Crippen MR) is 69.4 cm³/mol. The second-order valence-corrected chi connectivity index (χ2v) is 5.26. The molecule has 0 bridgehead atoms. The first-order chi connectivity index (χ1) is 7.75. The largest absolute Gasteiger partial charge is 0.328 e. The van der Waals surface area contributed by atoms with Crippen LogP contribution in [0, 0.1) is 12.8 Å². The summed E-state index contributed by atoms with van der Waals surface area (Å²) in [6.07, 6.45) is 7.78. The van der Waals surface area contributed by atoms with Gasteiger partial charge in [0.15, 0.2) is 0 Å². The van der Waals surface area contributed by atoms with Gasteiger partial charge in [-0.3, -0.25) is 0 Å². The molecule has 1 saturated carbocycles. The zero-order valence-corrected chi connectivity index (χ0v) is 10.3. The van der Waals surface area contributed by atoms with E-state index < -0.39 is 0 Å². The second-order valence-electron chi connectivity index (χ2n) is 5.26. The maximum Gasteiger partial charge on any atom is 0.00446 e. The van der Waals surface area contributed by atoms with E-state index in [1.807, 2.05) is 0 Å². The van der Waals surface area contributed by atoms with Crippen molar-refractivity contribution in [3.05, 3.63) is 35.4 Å². The average molecular weight is 217 g/mol. The lowest BCUT2D eigenvalue weighted by Gasteiger charge is -2.28. The number of hydrogen-bond donors (Lipinski definition) is 1. The molecular formula is C15H23N. The van der Waals surface area contributed by atoms with E-state index in [4.69, 9.17) is 5.73 Å². The Bertz CT molecular complexity index is 328. The minimum absolute atomic E-state index is 0.407. The molecule has 2 rings (SSSR count). The maximum atomic E-state index is 6.18. The van der Waals surface area contributed by atoms with Crippen molar-refractivity contribution in [1.29, 1.82) is 0 Å². The van der Waals surface area contributed by atoms with Crippen molar-refractivity contribution in [2.75, 3.05) is 0 Å². The summed E-state index contributed by atoms with van der Waals surface area (Å²) in [4.78, 5) is 0. The predicted octanol–water partition coefficient (Wildman–Crippen LogP) is 3.45. The highest BCUT2D eigenvalue weighted by atomic mass is 14.6. The smallest absolute Gasteiger partial charge is 0.00446 e. The molecule has 0 radical (unpaired) electrons. The fourth-order valence-corrected chi connectivity index (χ4v) is 2.51. The third kappa shape index (κ3) is 3.08. The average Bonchev–Trinajstić information content (AvgIpc) is 2.22. The minimum Gasteiger partial charge on any atom is -0.328 e. The van der Waals surface area contributed by atoms with Crippen molar-refractivity contribution in [3.8, 4) is 0 Å². The lowest BCUT2D eigenvalue weighted by Crippen LogP contribution is -2.27. The van der Waals surface area contributed by atoms with E-state index in [0.717, 1.165) is 18.8 Å². The van der Waals surface area contributed by atoms with Gasteiger partial charge in [-0.05, 0) is 43.2 Å². The van der Waals surface area contributed by atoms with Gasteiger partial charge in [0.2, 0.25) is 0 Å². The van der Waals surface area contributed by atoms with Crippen LogP contribution in [-0.4, -0.2) is 6.04 Å². The number of benzene rings is 1. The molecule has 1 fully saturated rings. The number of nitrogens with two attached hydrogens (primary N) is 1. The van der Waals surface area contributed by atoms with Gasteiger partial charge in [-0.1, -0.05) is 43.5 Å². The number of rotatable bonds is 5. The maximum absolute atomic E-state index is 6.18. The van der Waals surface area contributed by atoms with Gasteiger partial charge >= 0.3 is 0 Å². The Morgan fingerprint density at radius 3 is 2.69 bits per heavy atom. The third-order valence-electron chi connectivity index (χ3n) is 3.91. The molecule has 0 amide bonds. The van der Waals surface area contributed by atoms with E-state index in [0.29, 0.717) is 6.04 Å². The van der Waals surface area contributed by atoms with Crippen molar-refractivity contribution in [3.63, 3.8) is 0 Å². The van der Waals surface area contributed by atoms with E-state index >= 15 is 0 Å². The summed E-state index contributed by atoms with van der Waals surface area (Å²) in [7, 11) is 0. The fraction of sp³-hybridized carbons (Fsp3) is 0.600. The first-order valence-corrected chi connectivity index (χ1v) is 6.56. The molecule has 0 spiro atoms. The Morgan fingerprint density at radius 2 is 2.06 bits per heavy atom. The molecule has 1 aromatic carbocycles. The van der Waals surface area contributed by atoms with Gasteiger partial charge in [0.05, 0.1) is 0 Å². The van der Waals surface area contributed by atoms with E-state index in [-0.39, 0.29) is 0 Å². The van der Waals surface area contributed by atoms with Crippen LogP contribution in [0.25, 0.3) is 0 Å². The molecule has 0 heterocycles. The summed E-state index contributed by atoms with van der Waals surface area (Å²) in [6.45, 7) is 2.19. The normalized spacial score (nSPS) is 18.1. The Hall–Kier alpha value is -0.820. The highest BCUT2D eigenvalue weighted by molar-refractivity contribution is 5.25. The molecule has 1 atom stereocenters. The van der Waals surface area contributed by atoms with Crippen molar-refractivity contribution in [2.45, 2.75) is 51.5 Å². The van der Waals surface area contributed by atoms with Crippen molar-refractivity contribution in [1.82, 2.24) is 0 Å². The highest BCUT2D eigenvalue weighted by Crippen LogP contribution is 2.30. The summed E-state index contributed by atoms with van der Waals surface area (Å²) in [5, 5.41) is 0. The molecule has 2 N–H and O–H groups in total. The van der Waals surface area contributed by atoms with Crippen molar-refractivity contribution in [2.24, 2.45) is 11.7 Å². The van der Waals surface area contributed by atoms with Gasteiger partial charge in [0, 0.05) is 6.04 Å². The van der Waals surface area contributed by atoms with Crippen LogP contribution in [0.2, 0.25) is 0 Å². The third-order valence-corrected chi connectivity index (χ3v) is 3.91. The van der Waals surface area contributed by atoms with Gasteiger partial charge in [-0.2, -0.15) is 0 Å². The molecule has 0 aromatic heterocycles. The molecule has 1 aliphatic carbocycles. The van der Waals surface area contributed by atoms with Crippen LogP contribution in [-0.2, 0) is 6.42 Å². The van der Waals surface area contributed by atoms with Crippen molar-refractivity contribution < 1.29 is 0 Å². The molecule has 1 aliphatic rings. The van der Waals surface area contributed by atoms with E-state index in [1.54, 1.807) is 0 Å². The molecule has 1 heteroatoms. The SMILES string of the molecule is Cc1ccccc1CCC(N)CC1CCC1. The van der Waals surface area contributed by atoms with Crippen LogP contribution < -0.4 is 5.73 Å². The number of aryl methyl sites for hydroxylation is 2. The lowest BCUT2D eigenvalue weighted by atomic mass is 9.80. The molecule has 1 unspecified atom stereocenters. The summed E-state index contributed by atoms with van der Waals surface area (Å²) < 4.78 is 0. The first kappa shape index (κ1) is 11.7. The molecule has 88 valence electrons. The fourth-order valence-electron chi connectivity index (χ4n) is 2.51. The molecule has 0 saturated heterocycles. The summed E-state index contributed by atoms with van der Waals surface area (Å²) >= 11 is 0. The van der Waals surface area contributed by atoms with Gasteiger partial charge in [-0.25, -0.2) is 0 Å². The molecular weight excluding hydrogens is 194 g/mol. The second kappa shape index (κ2) is 5.49. The Balaban J connectivity index is 1.75. The topological polar surface area (TPSA) is 26.0 Å². The van der Waals surface area contributed by atoms with E-state index in [9.17, 15) is 0 Å². The zero-order chi connectivity index (χ0) is 11.4. The Morgan fingerprint density at radius 1 is 1.31 bits per heavy atom.